The molecule has 1 aliphatic rings. The quantitative estimate of drug-likeness (QED) is 0.757. The molecule has 0 atom stereocenters. The minimum atomic E-state index is -0.140. The van der Waals surface area contributed by atoms with Gasteiger partial charge in [0.25, 0.3) is 0 Å². The molecule has 1 aromatic heterocycles. The number of imidazole rings is 1. The normalized spacial score (nSPS) is 17.8. The number of hydrogen-bond donors (Lipinski definition) is 0. The first-order valence-corrected chi connectivity index (χ1v) is 6.18. The zero-order chi connectivity index (χ0) is 12.3. The molecule has 1 heterocycles. The number of aryl methyl sites for hydroxylation is 2. The molecule has 4 heteroatoms. The van der Waals surface area contributed by atoms with Gasteiger partial charge >= 0.3 is 0 Å². The van der Waals surface area contributed by atoms with Gasteiger partial charge in [0.15, 0.2) is 0 Å². The van der Waals surface area contributed by atoms with Gasteiger partial charge in [0.1, 0.15) is 11.6 Å². The molecule has 1 aromatic rings. The van der Waals surface area contributed by atoms with Crippen molar-refractivity contribution < 1.29 is 9.53 Å². The molecular formula is C13H20N2O2. The lowest BCUT2D eigenvalue weighted by atomic mass is 9.76. The predicted octanol–water partition coefficient (Wildman–Crippen LogP) is 1.88. The minimum Gasteiger partial charge on any atom is -0.378 e. The van der Waals surface area contributed by atoms with Gasteiger partial charge in [-0.25, -0.2) is 4.98 Å². The first-order valence-electron chi connectivity index (χ1n) is 6.18. The Balaban J connectivity index is 1.80. The van der Waals surface area contributed by atoms with Crippen molar-refractivity contribution in [3.8, 4) is 0 Å². The second-order valence-electron chi connectivity index (χ2n) is 4.91. The van der Waals surface area contributed by atoms with E-state index in [9.17, 15) is 4.79 Å². The summed E-state index contributed by atoms with van der Waals surface area (Å²) in [4.78, 5) is 16.1. The molecule has 0 saturated heterocycles. The van der Waals surface area contributed by atoms with E-state index in [0.717, 1.165) is 25.1 Å². The number of ketones is 1. The smallest absolute Gasteiger partial charge is 0.136 e. The summed E-state index contributed by atoms with van der Waals surface area (Å²) in [6.45, 7) is 0. The molecule has 4 nitrogen and oxygen atoms in total. The first-order chi connectivity index (χ1) is 8.15. The van der Waals surface area contributed by atoms with Gasteiger partial charge in [-0.2, -0.15) is 0 Å². The van der Waals surface area contributed by atoms with E-state index in [2.05, 4.69) is 4.98 Å². The van der Waals surface area contributed by atoms with Crippen LogP contribution in [0.15, 0.2) is 12.4 Å². The number of rotatable bonds is 6. The van der Waals surface area contributed by atoms with Crippen LogP contribution in [0.2, 0.25) is 0 Å². The number of methoxy groups -OCH3 is 1. The van der Waals surface area contributed by atoms with Crippen LogP contribution in [-0.2, 0) is 23.0 Å². The van der Waals surface area contributed by atoms with Crippen molar-refractivity contribution >= 4 is 5.78 Å². The van der Waals surface area contributed by atoms with E-state index in [1.165, 1.54) is 6.42 Å². The van der Waals surface area contributed by atoms with Gasteiger partial charge in [-0.05, 0) is 19.3 Å². The average molecular weight is 236 g/mol. The van der Waals surface area contributed by atoms with Gasteiger partial charge in [-0.1, -0.05) is 0 Å². The van der Waals surface area contributed by atoms with Crippen molar-refractivity contribution in [1.29, 1.82) is 0 Å². The van der Waals surface area contributed by atoms with Crippen LogP contribution >= 0.6 is 0 Å². The van der Waals surface area contributed by atoms with Crippen LogP contribution < -0.4 is 0 Å². The number of nitrogens with zero attached hydrogens (tertiary/aromatic N) is 2. The molecule has 17 heavy (non-hydrogen) atoms. The molecule has 0 unspecified atom stereocenters. The van der Waals surface area contributed by atoms with Crippen LogP contribution in [-0.4, -0.2) is 28.0 Å². The molecule has 94 valence electrons. The second-order valence-corrected chi connectivity index (χ2v) is 4.91. The molecule has 0 bridgehead atoms. The van der Waals surface area contributed by atoms with E-state index in [1.807, 2.05) is 17.8 Å². The zero-order valence-electron chi connectivity index (χ0n) is 10.6. The maximum Gasteiger partial charge on any atom is 0.136 e. The fraction of sp³-hybridized carbons (Fsp3) is 0.692. The number of carbonyl (C=O) groups is 1. The maximum absolute atomic E-state index is 11.9. The summed E-state index contributed by atoms with van der Waals surface area (Å²) >= 11 is 0. The standard InChI is InChI=1S/C13H20N2O2/c1-15-9-8-14-12(15)5-4-11(16)10-13(17-2)6-3-7-13/h8-9H,3-7,10H2,1-2H3. The van der Waals surface area contributed by atoms with Gasteiger partial charge in [-0.15, -0.1) is 0 Å². The van der Waals surface area contributed by atoms with Crippen molar-refractivity contribution in [3.05, 3.63) is 18.2 Å². The van der Waals surface area contributed by atoms with Gasteiger partial charge < -0.3 is 9.30 Å². The summed E-state index contributed by atoms with van der Waals surface area (Å²) < 4.78 is 7.42. The largest absolute Gasteiger partial charge is 0.378 e. The molecule has 0 N–H and O–H groups in total. The van der Waals surface area contributed by atoms with Crippen LogP contribution in [0.25, 0.3) is 0 Å². The predicted molar refractivity (Wildman–Crippen MR) is 64.7 cm³/mol. The third-order valence-corrected chi connectivity index (χ3v) is 3.77. The van der Waals surface area contributed by atoms with E-state index in [-0.39, 0.29) is 11.4 Å². The summed E-state index contributed by atoms with van der Waals surface area (Å²) in [6, 6.07) is 0. The number of hydrogen-bond acceptors (Lipinski definition) is 3. The molecule has 0 aliphatic heterocycles. The fourth-order valence-corrected chi connectivity index (χ4v) is 2.36. The van der Waals surface area contributed by atoms with E-state index < -0.39 is 0 Å². The Kier molecular flexibility index (Phi) is 3.62. The molecule has 0 radical (unpaired) electrons. The highest BCUT2D eigenvalue weighted by atomic mass is 16.5. The highest BCUT2D eigenvalue weighted by Crippen LogP contribution is 2.38. The van der Waals surface area contributed by atoms with Crippen molar-refractivity contribution in [2.45, 2.75) is 44.1 Å². The molecule has 0 spiro atoms. The van der Waals surface area contributed by atoms with E-state index >= 15 is 0 Å². The Morgan fingerprint density at radius 3 is 2.82 bits per heavy atom. The molecule has 1 fully saturated rings. The van der Waals surface area contributed by atoms with Crippen molar-refractivity contribution in [2.75, 3.05) is 7.11 Å². The minimum absolute atomic E-state index is 0.140. The summed E-state index contributed by atoms with van der Waals surface area (Å²) in [5.41, 5.74) is -0.140. The Labute approximate surface area is 102 Å². The fourth-order valence-electron chi connectivity index (χ4n) is 2.36. The molecule has 0 aromatic carbocycles. The number of ether oxygens (including phenoxy) is 1. The van der Waals surface area contributed by atoms with Gasteiger partial charge in [0.2, 0.25) is 0 Å². The van der Waals surface area contributed by atoms with Crippen LogP contribution in [0.5, 0.6) is 0 Å². The van der Waals surface area contributed by atoms with E-state index in [0.29, 0.717) is 12.8 Å². The van der Waals surface area contributed by atoms with Crippen molar-refractivity contribution in [2.24, 2.45) is 7.05 Å². The summed E-state index contributed by atoms with van der Waals surface area (Å²) in [7, 11) is 3.67. The van der Waals surface area contributed by atoms with Gasteiger partial charge in [0.05, 0.1) is 5.60 Å². The molecular weight excluding hydrogens is 216 g/mol. The molecule has 2 rings (SSSR count). The average Bonchev–Trinajstić information content (AvgIpc) is 2.67. The lowest BCUT2D eigenvalue weighted by molar-refractivity contribution is -0.132. The second kappa shape index (κ2) is 5.00. The molecule has 0 amide bonds. The number of Topliss-reactive ketones (excluding diaryl/α,β-unsaturated/α-hetero) is 1. The SMILES string of the molecule is COC1(CC(=O)CCc2nccn2C)CCC1. The number of aromatic nitrogens is 2. The number of carbonyl (C=O) groups excluding carboxylic acids is 1. The van der Waals surface area contributed by atoms with Crippen molar-refractivity contribution in [1.82, 2.24) is 9.55 Å². The monoisotopic (exact) mass is 236 g/mol. The lowest BCUT2D eigenvalue weighted by Crippen LogP contribution is -2.41. The van der Waals surface area contributed by atoms with Crippen LogP contribution in [0, 0.1) is 0 Å². The van der Waals surface area contributed by atoms with Crippen LogP contribution in [0.1, 0.15) is 37.9 Å². The topological polar surface area (TPSA) is 44.1 Å². The van der Waals surface area contributed by atoms with Gasteiger partial charge in [0, 0.05) is 45.8 Å². The zero-order valence-corrected chi connectivity index (χ0v) is 10.6. The van der Waals surface area contributed by atoms with E-state index in [4.69, 9.17) is 4.74 Å². The third-order valence-electron chi connectivity index (χ3n) is 3.77. The Morgan fingerprint density at radius 2 is 2.35 bits per heavy atom. The molecule has 1 aliphatic carbocycles. The van der Waals surface area contributed by atoms with Crippen LogP contribution in [0.4, 0.5) is 0 Å². The lowest BCUT2D eigenvalue weighted by Gasteiger charge is -2.40. The molecule has 1 saturated carbocycles. The van der Waals surface area contributed by atoms with Crippen molar-refractivity contribution in [3.63, 3.8) is 0 Å². The summed E-state index contributed by atoms with van der Waals surface area (Å²) in [6.07, 6.45) is 8.76. The Hall–Kier alpha value is -1.16. The third kappa shape index (κ3) is 2.75. The summed E-state index contributed by atoms with van der Waals surface area (Å²) in [5, 5.41) is 0. The first kappa shape index (κ1) is 12.3. The Morgan fingerprint density at radius 1 is 1.59 bits per heavy atom. The summed E-state index contributed by atoms with van der Waals surface area (Å²) in [5.74, 6) is 1.26. The Bertz CT molecular complexity index is 388. The van der Waals surface area contributed by atoms with E-state index in [1.54, 1.807) is 13.3 Å². The highest BCUT2D eigenvalue weighted by molar-refractivity contribution is 5.79. The highest BCUT2D eigenvalue weighted by Gasteiger charge is 2.38. The van der Waals surface area contributed by atoms with Crippen LogP contribution in [0.3, 0.4) is 0 Å². The maximum atomic E-state index is 11.9. The van der Waals surface area contributed by atoms with Gasteiger partial charge in [-0.3, -0.25) is 4.79 Å².